The lowest BCUT2D eigenvalue weighted by atomic mass is 10.1. The van der Waals surface area contributed by atoms with Gasteiger partial charge in [-0.25, -0.2) is 0 Å². The van der Waals surface area contributed by atoms with E-state index in [2.05, 4.69) is 15.6 Å². The van der Waals surface area contributed by atoms with Gasteiger partial charge in [-0.1, -0.05) is 6.07 Å². The highest BCUT2D eigenvalue weighted by Crippen LogP contribution is 2.18. The van der Waals surface area contributed by atoms with Crippen molar-refractivity contribution >= 4 is 11.9 Å². The number of hydrogen-bond donors (Lipinski definition) is 2. The molecule has 1 fully saturated rings. The first-order valence-corrected chi connectivity index (χ1v) is 9.18. The molecule has 0 saturated carbocycles. The second-order valence-corrected chi connectivity index (χ2v) is 6.30. The molecule has 2 rings (SSSR count). The van der Waals surface area contributed by atoms with E-state index in [1.54, 1.807) is 12.0 Å². The molecule has 1 atom stereocenters. The average molecular weight is 362 g/mol. The molecule has 1 aliphatic heterocycles. The van der Waals surface area contributed by atoms with Crippen LogP contribution in [0.2, 0.25) is 0 Å². The van der Waals surface area contributed by atoms with Crippen LogP contribution < -0.4 is 20.1 Å². The number of aliphatic imine (C=N–C) groups is 1. The standard InChI is InChI=1S/C19H30N4O3/c1-4-20-19(22-15-9-10-18(24)23(2)14-15)21-11-6-12-26-17-8-5-7-16(13-17)25-3/h5,7-8,13,15H,4,6,9-12,14H2,1-3H3,(H2,20,21,22). The van der Waals surface area contributed by atoms with E-state index >= 15 is 0 Å². The molecule has 26 heavy (non-hydrogen) atoms. The first kappa shape index (κ1) is 19.9. The lowest BCUT2D eigenvalue weighted by molar-refractivity contribution is -0.132. The Morgan fingerprint density at radius 3 is 2.92 bits per heavy atom. The summed E-state index contributed by atoms with van der Waals surface area (Å²) in [7, 11) is 3.49. The summed E-state index contributed by atoms with van der Waals surface area (Å²) >= 11 is 0. The average Bonchev–Trinajstić information content (AvgIpc) is 2.64. The molecule has 1 aromatic carbocycles. The van der Waals surface area contributed by atoms with Crippen LogP contribution in [0.3, 0.4) is 0 Å². The lowest BCUT2D eigenvalue weighted by Gasteiger charge is -2.31. The summed E-state index contributed by atoms with van der Waals surface area (Å²) in [6, 6.07) is 7.82. The van der Waals surface area contributed by atoms with E-state index in [9.17, 15) is 4.79 Å². The number of carbonyl (C=O) groups is 1. The molecule has 144 valence electrons. The van der Waals surface area contributed by atoms with Gasteiger partial charge < -0.3 is 25.0 Å². The summed E-state index contributed by atoms with van der Waals surface area (Å²) in [6.07, 6.45) is 2.24. The van der Waals surface area contributed by atoms with Gasteiger partial charge in [-0.3, -0.25) is 9.79 Å². The third-order valence-electron chi connectivity index (χ3n) is 4.19. The number of likely N-dealkylation sites (tertiary alicyclic amines) is 1. The molecular weight excluding hydrogens is 332 g/mol. The summed E-state index contributed by atoms with van der Waals surface area (Å²) in [5.41, 5.74) is 0. The van der Waals surface area contributed by atoms with Gasteiger partial charge in [0.25, 0.3) is 0 Å². The Morgan fingerprint density at radius 2 is 2.19 bits per heavy atom. The number of ether oxygens (including phenoxy) is 2. The zero-order valence-electron chi connectivity index (χ0n) is 16.0. The Balaban J connectivity index is 1.75. The first-order chi connectivity index (χ1) is 12.6. The molecule has 1 amide bonds. The van der Waals surface area contributed by atoms with E-state index in [1.807, 2.05) is 38.2 Å². The molecule has 1 unspecified atom stereocenters. The van der Waals surface area contributed by atoms with Gasteiger partial charge in [0, 0.05) is 51.6 Å². The number of rotatable bonds is 8. The number of nitrogens with zero attached hydrogens (tertiary/aromatic N) is 2. The summed E-state index contributed by atoms with van der Waals surface area (Å²) < 4.78 is 10.9. The summed E-state index contributed by atoms with van der Waals surface area (Å²) in [4.78, 5) is 18.0. The minimum absolute atomic E-state index is 0.208. The van der Waals surface area contributed by atoms with Gasteiger partial charge in [0.15, 0.2) is 5.96 Å². The predicted octanol–water partition coefficient (Wildman–Crippen LogP) is 1.64. The number of carbonyl (C=O) groups excluding carboxylic acids is 1. The second-order valence-electron chi connectivity index (χ2n) is 6.30. The van der Waals surface area contributed by atoms with Crippen LogP contribution in [0.25, 0.3) is 0 Å². The maximum absolute atomic E-state index is 11.6. The number of benzene rings is 1. The van der Waals surface area contributed by atoms with E-state index in [-0.39, 0.29) is 11.9 Å². The minimum atomic E-state index is 0.208. The molecule has 1 heterocycles. The van der Waals surface area contributed by atoms with Crippen molar-refractivity contribution in [1.82, 2.24) is 15.5 Å². The van der Waals surface area contributed by atoms with Gasteiger partial charge in [-0.15, -0.1) is 0 Å². The number of nitrogens with one attached hydrogen (secondary N) is 2. The van der Waals surface area contributed by atoms with Crippen LogP contribution in [0.5, 0.6) is 11.5 Å². The molecule has 7 heteroatoms. The lowest BCUT2D eigenvalue weighted by Crippen LogP contribution is -2.51. The Labute approximate surface area is 155 Å². The van der Waals surface area contributed by atoms with Crippen LogP contribution >= 0.6 is 0 Å². The second kappa shape index (κ2) is 10.5. The van der Waals surface area contributed by atoms with E-state index in [4.69, 9.17) is 9.47 Å². The maximum Gasteiger partial charge on any atom is 0.222 e. The molecule has 0 aliphatic carbocycles. The van der Waals surface area contributed by atoms with Crippen molar-refractivity contribution in [2.45, 2.75) is 32.2 Å². The predicted molar refractivity (Wildman–Crippen MR) is 103 cm³/mol. The van der Waals surface area contributed by atoms with Crippen molar-refractivity contribution in [3.8, 4) is 11.5 Å². The highest BCUT2D eigenvalue weighted by molar-refractivity contribution is 5.81. The quantitative estimate of drug-likeness (QED) is 0.418. The van der Waals surface area contributed by atoms with Gasteiger partial charge in [0.1, 0.15) is 11.5 Å². The minimum Gasteiger partial charge on any atom is -0.497 e. The van der Waals surface area contributed by atoms with Crippen molar-refractivity contribution in [2.75, 3.05) is 40.4 Å². The van der Waals surface area contributed by atoms with Crippen LogP contribution in [0.1, 0.15) is 26.2 Å². The van der Waals surface area contributed by atoms with Crippen molar-refractivity contribution in [3.05, 3.63) is 24.3 Å². The van der Waals surface area contributed by atoms with Crippen LogP contribution in [0, 0.1) is 0 Å². The topological polar surface area (TPSA) is 75.2 Å². The molecule has 0 radical (unpaired) electrons. The number of hydrogen-bond acceptors (Lipinski definition) is 4. The number of guanidine groups is 1. The molecule has 2 N–H and O–H groups in total. The highest BCUT2D eigenvalue weighted by Gasteiger charge is 2.23. The maximum atomic E-state index is 11.6. The zero-order valence-corrected chi connectivity index (χ0v) is 16.0. The normalized spacial score (nSPS) is 17.8. The Hall–Kier alpha value is -2.44. The largest absolute Gasteiger partial charge is 0.497 e. The molecule has 1 aromatic rings. The molecule has 0 bridgehead atoms. The number of piperidine rings is 1. The van der Waals surface area contributed by atoms with E-state index in [0.29, 0.717) is 26.1 Å². The van der Waals surface area contributed by atoms with E-state index < -0.39 is 0 Å². The van der Waals surface area contributed by atoms with Gasteiger partial charge in [0.05, 0.1) is 13.7 Å². The number of likely N-dealkylation sites (N-methyl/N-ethyl adjacent to an activating group) is 1. The van der Waals surface area contributed by atoms with Crippen LogP contribution in [-0.2, 0) is 4.79 Å². The monoisotopic (exact) mass is 362 g/mol. The van der Waals surface area contributed by atoms with Gasteiger partial charge in [-0.05, 0) is 25.5 Å². The number of amides is 1. The van der Waals surface area contributed by atoms with Crippen LogP contribution in [-0.4, -0.2) is 63.2 Å². The third-order valence-corrected chi connectivity index (χ3v) is 4.19. The van der Waals surface area contributed by atoms with Crippen molar-refractivity contribution in [1.29, 1.82) is 0 Å². The summed E-state index contributed by atoms with van der Waals surface area (Å²) in [6.45, 7) is 4.81. The van der Waals surface area contributed by atoms with Crippen molar-refractivity contribution < 1.29 is 14.3 Å². The summed E-state index contributed by atoms with van der Waals surface area (Å²) in [5.74, 6) is 2.59. The highest BCUT2D eigenvalue weighted by atomic mass is 16.5. The van der Waals surface area contributed by atoms with Gasteiger partial charge in [0.2, 0.25) is 5.91 Å². The molecule has 1 saturated heterocycles. The molecule has 1 aliphatic rings. The third kappa shape index (κ3) is 6.46. The first-order valence-electron chi connectivity index (χ1n) is 9.18. The van der Waals surface area contributed by atoms with Crippen LogP contribution in [0.15, 0.2) is 29.3 Å². The Morgan fingerprint density at radius 1 is 1.38 bits per heavy atom. The fraction of sp³-hybridized carbons (Fsp3) is 0.579. The fourth-order valence-electron chi connectivity index (χ4n) is 2.78. The number of methoxy groups -OCH3 is 1. The smallest absolute Gasteiger partial charge is 0.222 e. The fourth-order valence-corrected chi connectivity index (χ4v) is 2.78. The van der Waals surface area contributed by atoms with Gasteiger partial charge in [-0.2, -0.15) is 0 Å². The molecule has 0 spiro atoms. The SMILES string of the molecule is CCNC(=NCCCOc1cccc(OC)c1)NC1CCC(=O)N(C)C1. The molecular formula is C19H30N4O3. The molecule has 7 nitrogen and oxygen atoms in total. The van der Waals surface area contributed by atoms with E-state index in [0.717, 1.165) is 36.8 Å². The van der Waals surface area contributed by atoms with Crippen molar-refractivity contribution in [3.63, 3.8) is 0 Å². The van der Waals surface area contributed by atoms with Crippen molar-refractivity contribution in [2.24, 2.45) is 4.99 Å². The van der Waals surface area contributed by atoms with Crippen LogP contribution in [0.4, 0.5) is 0 Å². The van der Waals surface area contributed by atoms with Gasteiger partial charge >= 0.3 is 0 Å². The Kier molecular flexibility index (Phi) is 8.05. The zero-order chi connectivity index (χ0) is 18.8. The van der Waals surface area contributed by atoms with E-state index in [1.165, 1.54) is 0 Å². The molecule has 0 aromatic heterocycles. The Bertz CT molecular complexity index is 606. The summed E-state index contributed by atoms with van der Waals surface area (Å²) in [5, 5.41) is 6.68.